The highest BCUT2D eigenvalue weighted by atomic mass is 16.5. The minimum absolute atomic E-state index is 0.564. The van der Waals surface area contributed by atoms with Gasteiger partial charge in [0.1, 0.15) is 6.61 Å². The number of rotatable bonds is 7. The Bertz CT molecular complexity index is 834. The lowest BCUT2D eigenvalue weighted by atomic mass is 9.54. The summed E-state index contributed by atoms with van der Waals surface area (Å²) in [5, 5.41) is 3.92. The first-order chi connectivity index (χ1) is 14.2. The summed E-state index contributed by atoms with van der Waals surface area (Å²) in [5.41, 5.74) is 3.74. The maximum atomic E-state index is 6.08. The third kappa shape index (κ3) is 3.90. The third-order valence-corrected chi connectivity index (χ3v) is 7.64. The maximum Gasteiger partial charge on any atom is 0.161 e. The zero-order chi connectivity index (χ0) is 19.8. The van der Waals surface area contributed by atoms with Gasteiger partial charge in [-0.15, -0.1) is 0 Å². The molecule has 1 N–H and O–H groups in total. The predicted octanol–water partition coefficient (Wildman–Crippen LogP) is 5.50. The molecule has 0 unspecified atom stereocenters. The molecule has 3 nitrogen and oxygen atoms in total. The summed E-state index contributed by atoms with van der Waals surface area (Å²) in [6.07, 6.45) is 7.35. The van der Waals surface area contributed by atoms with Crippen LogP contribution in [-0.4, -0.2) is 13.2 Å². The van der Waals surface area contributed by atoms with E-state index in [2.05, 4.69) is 54.7 Å². The second-order valence-corrected chi connectivity index (χ2v) is 9.54. The summed E-state index contributed by atoms with van der Waals surface area (Å²) in [5.74, 6) is 5.51. The van der Waals surface area contributed by atoms with Crippen molar-refractivity contribution in [2.75, 3.05) is 7.11 Å². The van der Waals surface area contributed by atoms with E-state index in [0.29, 0.717) is 12.6 Å². The summed E-state index contributed by atoms with van der Waals surface area (Å²) in [6.45, 7) is 3.60. The number of benzene rings is 2. The van der Waals surface area contributed by atoms with Crippen LogP contribution in [0.1, 0.15) is 48.8 Å². The number of nitrogens with one attached hydrogen (secondary N) is 1. The van der Waals surface area contributed by atoms with Crippen LogP contribution >= 0.6 is 0 Å². The molecule has 4 fully saturated rings. The average molecular weight is 392 g/mol. The summed E-state index contributed by atoms with van der Waals surface area (Å²) >= 11 is 0. The van der Waals surface area contributed by atoms with Crippen LogP contribution in [0.2, 0.25) is 0 Å². The van der Waals surface area contributed by atoms with Crippen molar-refractivity contribution in [2.24, 2.45) is 23.7 Å². The van der Waals surface area contributed by atoms with Gasteiger partial charge in [-0.3, -0.25) is 0 Å². The number of hydrogen-bond acceptors (Lipinski definition) is 3. The molecule has 0 atom stereocenters. The Morgan fingerprint density at radius 1 is 0.897 bits per heavy atom. The van der Waals surface area contributed by atoms with Crippen LogP contribution in [0.25, 0.3) is 0 Å². The van der Waals surface area contributed by atoms with Gasteiger partial charge >= 0.3 is 0 Å². The quantitative estimate of drug-likeness (QED) is 0.676. The van der Waals surface area contributed by atoms with Gasteiger partial charge in [0.25, 0.3) is 0 Å². The van der Waals surface area contributed by atoms with Gasteiger partial charge in [-0.25, -0.2) is 0 Å². The first-order valence-corrected chi connectivity index (χ1v) is 11.3. The molecule has 0 radical (unpaired) electrons. The molecule has 0 spiro atoms. The predicted molar refractivity (Wildman–Crippen MR) is 116 cm³/mol. The fourth-order valence-electron chi connectivity index (χ4n) is 6.36. The van der Waals surface area contributed by atoms with E-state index in [0.717, 1.165) is 41.7 Å². The molecule has 2 aromatic rings. The van der Waals surface area contributed by atoms with Gasteiger partial charge in [0.2, 0.25) is 0 Å². The molecule has 4 saturated carbocycles. The Morgan fingerprint density at radius 2 is 1.62 bits per heavy atom. The first kappa shape index (κ1) is 19.0. The summed E-state index contributed by atoms with van der Waals surface area (Å²) in [7, 11) is 1.73. The van der Waals surface area contributed by atoms with E-state index >= 15 is 0 Å². The van der Waals surface area contributed by atoms with Gasteiger partial charge in [0.15, 0.2) is 11.5 Å². The Kier molecular flexibility index (Phi) is 5.26. The standard InChI is InChI=1S/C26H33NO2/c1-17-5-3-4-6-21(17)16-29-24-8-7-18(14-25(24)28-2)15-27-26-22-10-19-9-20(12-22)13-23(26)11-19/h3-8,14,19-20,22-23,26-27H,9-13,15-16H2,1-2H3. The Hall–Kier alpha value is -2.00. The van der Waals surface area contributed by atoms with E-state index in [1.165, 1.54) is 48.8 Å². The summed E-state index contributed by atoms with van der Waals surface area (Å²) in [6, 6.07) is 15.4. The van der Waals surface area contributed by atoms with Crippen molar-refractivity contribution in [3.8, 4) is 11.5 Å². The number of ether oxygens (including phenoxy) is 2. The van der Waals surface area contributed by atoms with Crippen LogP contribution in [0, 0.1) is 30.6 Å². The fourth-order valence-corrected chi connectivity index (χ4v) is 6.36. The molecule has 0 saturated heterocycles. The summed E-state index contributed by atoms with van der Waals surface area (Å²) in [4.78, 5) is 0. The number of aryl methyl sites for hydroxylation is 1. The topological polar surface area (TPSA) is 30.5 Å². The molecule has 4 aliphatic rings. The van der Waals surface area contributed by atoms with Gasteiger partial charge in [-0.2, -0.15) is 0 Å². The molecule has 6 rings (SSSR count). The molecule has 29 heavy (non-hydrogen) atoms. The van der Waals surface area contributed by atoms with Gasteiger partial charge in [-0.1, -0.05) is 30.3 Å². The van der Waals surface area contributed by atoms with E-state index in [1.807, 2.05) is 0 Å². The van der Waals surface area contributed by atoms with Crippen LogP contribution < -0.4 is 14.8 Å². The summed E-state index contributed by atoms with van der Waals surface area (Å²) < 4.78 is 11.7. The maximum absolute atomic E-state index is 6.08. The lowest BCUT2D eigenvalue weighted by Crippen LogP contribution is -2.54. The van der Waals surface area contributed by atoms with Crippen molar-refractivity contribution in [3.05, 3.63) is 59.2 Å². The minimum atomic E-state index is 0.564. The second-order valence-electron chi connectivity index (χ2n) is 9.54. The normalized spacial score (nSPS) is 29.8. The first-order valence-electron chi connectivity index (χ1n) is 11.3. The SMILES string of the molecule is COc1cc(CNC2C3CC4CC(C3)CC2C4)ccc1OCc1ccccc1C. The Labute approximate surface area is 174 Å². The lowest BCUT2D eigenvalue weighted by Gasteiger charge is -2.54. The molecule has 0 aromatic heterocycles. The van der Waals surface area contributed by atoms with Crippen molar-refractivity contribution in [3.63, 3.8) is 0 Å². The van der Waals surface area contributed by atoms with E-state index < -0.39 is 0 Å². The Morgan fingerprint density at radius 3 is 2.31 bits per heavy atom. The molecule has 0 amide bonds. The van der Waals surface area contributed by atoms with Crippen LogP contribution in [0.3, 0.4) is 0 Å². The fraction of sp³-hybridized carbons (Fsp3) is 0.538. The average Bonchev–Trinajstić information content (AvgIpc) is 2.72. The van der Waals surface area contributed by atoms with Crippen LogP contribution in [0.5, 0.6) is 11.5 Å². The zero-order valence-corrected chi connectivity index (χ0v) is 17.7. The highest BCUT2D eigenvalue weighted by Gasteiger charge is 2.47. The second kappa shape index (κ2) is 8.02. The minimum Gasteiger partial charge on any atom is -0.493 e. The molecule has 0 heterocycles. The van der Waals surface area contributed by atoms with Gasteiger partial charge in [0.05, 0.1) is 7.11 Å². The van der Waals surface area contributed by atoms with E-state index in [9.17, 15) is 0 Å². The van der Waals surface area contributed by atoms with Crippen molar-refractivity contribution < 1.29 is 9.47 Å². The lowest BCUT2D eigenvalue weighted by molar-refractivity contribution is -0.0142. The van der Waals surface area contributed by atoms with Crippen molar-refractivity contribution >= 4 is 0 Å². The van der Waals surface area contributed by atoms with E-state index in [4.69, 9.17) is 9.47 Å². The van der Waals surface area contributed by atoms with Gasteiger partial charge in [0, 0.05) is 12.6 Å². The highest BCUT2D eigenvalue weighted by molar-refractivity contribution is 5.43. The van der Waals surface area contributed by atoms with Crippen molar-refractivity contribution in [1.29, 1.82) is 0 Å². The van der Waals surface area contributed by atoms with Gasteiger partial charge in [-0.05, 0) is 91.5 Å². The van der Waals surface area contributed by atoms with E-state index in [-0.39, 0.29) is 0 Å². The number of methoxy groups -OCH3 is 1. The molecular weight excluding hydrogens is 358 g/mol. The van der Waals surface area contributed by atoms with Gasteiger partial charge < -0.3 is 14.8 Å². The van der Waals surface area contributed by atoms with Crippen LogP contribution in [0.15, 0.2) is 42.5 Å². The largest absolute Gasteiger partial charge is 0.493 e. The number of hydrogen-bond donors (Lipinski definition) is 1. The van der Waals surface area contributed by atoms with E-state index in [1.54, 1.807) is 7.11 Å². The van der Waals surface area contributed by atoms with Crippen LogP contribution in [-0.2, 0) is 13.2 Å². The molecule has 0 aliphatic heterocycles. The molecule has 4 bridgehead atoms. The molecule has 4 aliphatic carbocycles. The molecule has 2 aromatic carbocycles. The highest BCUT2D eigenvalue weighted by Crippen LogP contribution is 2.53. The van der Waals surface area contributed by atoms with Crippen molar-refractivity contribution in [2.45, 2.75) is 58.2 Å². The molecule has 154 valence electrons. The molecule has 3 heteroatoms. The smallest absolute Gasteiger partial charge is 0.161 e. The van der Waals surface area contributed by atoms with Crippen LogP contribution in [0.4, 0.5) is 0 Å². The van der Waals surface area contributed by atoms with Crippen molar-refractivity contribution in [1.82, 2.24) is 5.32 Å². The zero-order valence-electron chi connectivity index (χ0n) is 17.7. The Balaban J connectivity index is 1.22. The third-order valence-electron chi connectivity index (χ3n) is 7.64. The monoisotopic (exact) mass is 391 g/mol. The molecular formula is C26H33NO2.